The smallest absolute Gasteiger partial charge is 0.169 e. The van der Waals surface area contributed by atoms with E-state index in [0.29, 0.717) is 5.57 Å². The molecule has 2 aromatic rings. The summed E-state index contributed by atoms with van der Waals surface area (Å²) in [6, 6.07) is 17.4. The van der Waals surface area contributed by atoms with E-state index in [2.05, 4.69) is 15.9 Å². The van der Waals surface area contributed by atoms with Crippen LogP contribution in [0.4, 0.5) is 13.2 Å². The topological polar surface area (TPSA) is 0 Å². The Morgan fingerprint density at radius 1 is 0.826 bits per heavy atom. The van der Waals surface area contributed by atoms with Gasteiger partial charge in [0.25, 0.3) is 0 Å². The van der Waals surface area contributed by atoms with Gasteiger partial charge >= 0.3 is 6.18 Å². The predicted molar refractivity (Wildman–Crippen MR) is 91.3 cm³/mol. The third kappa shape index (κ3) is 3.27. The number of alkyl halides is 4. The second-order valence-electron chi connectivity index (χ2n) is 5.51. The molecule has 4 heteroatoms. The lowest BCUT2D eigenvalue weighted by Gasteiger charge is -2.29. The summed E-state index contributed by atoms with van der Waals surface area (Å²) in [5, 5.41) is 0. The molecule has 0 aliphatic heterocycles. The van der Waals surface area contributed by atoms with Crippen molar-refractivity contribution in [2.24, 2.45) is 0 Å². The lowest BCUT2D eigenvalue weighted by molar-refractivity contribution is -0.145. The SMILES string of the molecule is FC(F)(F)C1(Br)C=C(c2ccc(-c3ccccc3)cc2)C=CC1. The summed E-state index contributed by atoms with van der Waals surface area (Å²) in [7, 11) is 0. The maximum absolute atomic E-state index is 13.2. The Morgan fingerprint density at radius 2 is 1.39 bits per heavy atom. The summed E-state index contributed by atoms with van der Waals surface area (Å²) in [4.78, 5) is 0. The minimum atomic E-state index is -4.33. The molecule has 1 aliphatic rings. The van der Waals surface area contributed by atoms with E-state index in [4.69, 9.17) is 0 Å². The second-order valence-corrected chi connectivity index (χ2v) is 6.92. The number of benzene rings is 2. The molecular formula is C19H14BrF3. The molecule has 0 nitrogen and oxygen atoms in total. The summed E-state index contributed by atoms with van der Waals surface area (Å²) < 4.78 is 37.5. The first-order chi connectivity index (χ1) is 10.9. The van der Waals surface area contributed by atoms with E-state index < -0.39 is 10.5 Å². The molecule has 0 N–H and O–H groups in total. The van der Waals surface area contributed by atoms with Gasteiger partial charge in [-0.2, -0.15) is 13.2 Å². The van der Waals surface area contributed by atoms with Crippen molar-refractivity contribution in [3.63, 3.8) is 0 Å². The number of hydrogen-bond acceptors (Lipinski definition) is 0. The molecule has 0 spiro atoms. The lowest BCUT2D eigenvalue weighted by Crippen LogP contribution is -2.37. The lowest BCUT2D eigenvalue weighted by atomic mass is 9.91. The zero-order valence-electron chi connectivity index (χ0n) is 12.1. The number of rotatable bonds is 2. The van der Waals surface area contributed by atoms with Crippen LogP contribution >= 0.6 is 15.9 Å². The van der Waals surface area contributed by atoms with Gasteiger partial charge in [-0.3, -0.25) is 0 Å². The summed E-state index contributed by atoms with van der Waals surface area (Å²) in [5.41, 5.74) is 3.46. The first kappa shape index (κ1) is 16.1. The minimum absolute atomic E-state index is 0.0951. The van der Waals surface area contributed by atoms with Gasteiger partial charge in [0.05, 0.1) is 0 Å². The summed E-state index contributed by atoms with van der Waals surface area (Å²) in [5.74, 6) is 0. The van der Waals surface area contributed by atoms with Gasteiger partial charge in [0.1, 0.15) is 4.32 Å². The van der Waals surface area contributed by atoms with Crippen molar-refractivity contribution in [2.75, 3.05) is 0 Å². The van der Waals surface area contributed by atoms with Crippen molar-refractivity contribution in [1.82, 2.24) is 0 Å². The average molecular weight is 379 g/mol. The molecule has 3 rings (SSSR count). The predicted octanol–water partition coefficient (Wildman–Crippen LogP) is 6.39. The van der Waals surface area contributed by atoms with Crippen LogP contribution in [0.15, 0.2) is 72.8 Å². The fraction of sp³-hybridized carbons (Fsp3) is 0.158. The Hall–Kier alpha value is -1.81. The molecule has 2 aromatic carbocycles. The van der Waals surface area contributed by atoms with Crippen molar-refractivity contribution in [1.29, 1.82) is 0 Å². The van der Waals surface area contributed by atoms with E-state index in [1.54, 1.807) is 12.2 Å². The normalized spacial score (nSPS) is 21.1. The van der Waals surface area contributed by atoms with Gasteiger partial charge in [-0.15, -0.1) is 0 Å². The third-order valence-corrected chi connectivity index (χ3v) is 4.90. The second kappa shape index (κ2) is 6.00. The highest BCUT2D eigenvalue weighted by molar-refractivity contribution is 9.10. The van der Waals surface area contributed by atoms with Crippen LogP contribution in [0.1, 0.15) is 12.0 Å². The summed E-state index contributed by atoms with van der Waals surface area (Å²) in [6.07, 6.45) is 0.130. The molecule has 0 heterocycles. The number of allylic oxidation sites excluding steroid dienone is 4. The van der Waals surface area contributed by atoms with E-state index in [9.17, 15) is 13.2 Å². The highest BCUT2D eigenvalue weighted by Crippen LogP contribution is 2.45. The molecule has 0 bridgehead atoms. The molecule has 1 unspecified atom stereocenters. The molecule has 0 saturated carbocycles. The van der Waals surface area contributed by atoms with Gasteiger partial charge in [-0.1, -0.05) is 88.8 Å². The zero-order valence-corrected chi connectivity index (χ0v) is 13.7. The first-order valence-corrected chi connectivity index (χ1v) is 7.99. The van der Waals surface area contributed by atoms with Crippen LogP contribution in [-0.4, -0.2) is 10.5 Å². The molecule has 23 heavy (non-hydrogen) atoms. The molecule has 1 aliphatic carbocycles. The van der Waals surface area contributed by atoms with E-state index in [1.165, 1.54) is 6.08 Å². The monoisotopic (exact) mass is 378 g/mol. The van der Waals surface area contributed by atoms with Gasteiger partial charge < -0.3 is 0 Å². The maximum atomic E-state index is 13.2. The summed E-state index contributed by atoms with van der Waals surface area (Å²) in [6.45, 7) is 0. The molecule has 118 valence electrons. The standard InChI is InChI=1S/C19H14BrF3/c20-18(19(21,22)23)12-4-7-17(13-18)16-10-8-15(9-11-16)14-5-2-1-3-6-14/h1-11,13H,12H2. The van der Waals surface area contributed by atoms with Crippen LogP contribution in [0, 0.1) is 0 Å². The maximum Gasteiger partial charge on any atom is 0.407 e. The number of halogens is 4. The van der Waals surface area contributed by atoms with Crippen LogP contribution in [0.5, 0.6) is 0 Å². The van der Waals surface area contributed by atoms with Gasteiger partial charge in [-0.05, 0) is 28.7 Å². The van der Waals surface area contributed by atoms with Gasteiger partial charge in [0, 0.05) is 0 Å². The number of hydrogen-bond donors (Lipinski definition) is 0. The Morgan fingerprint density at radius 3 is 2.00 bits per heavy atom. The molecule has 0 aromatic heterocycles. The molecular weight excluding hydrogens is 365 g/mol. The minimum Gasteiger partial charge on any atom is -0.169 e. The van der Waals surface area contributed by atoms with Crippen LogP contribution in [0.3, 0.4) is 0 Å². The first-order valence-electron chi connectivity index (χ1n) is 7.20. The van der Waals surface area contributed by atoms with Crippen molar-refractivity contribution in [2.45, 2.75) is 16.9 Å². The summed E-state index contributed by atoms with van der Waals surface area (Å²) >= 11 is 2.85. The van der Waals surface area contributed by atoms with Crippen molar-refractivity contribution < 1.29 is 13.2 Å². The van der Waals surface area contributed by atoms with Gasteiger partial charge in [0.2, 0.25) is 0 Å². The zero-order chi connectivity index (χ0) is 16.5. The quantitative estimate of drug-likeness (QED) is 0.530. The largest absolute Gasteiger partial charge is 0.407 e. The molecule has 1 atom stereocenters. The highest BCUT2D eigenvalue weighted by atomic mass is 79.9. The Labute approximate surface area is 141 Å². The van der Waals surface area contributed by atoms with Gasteiger partial charge in [0.15, 0.2) is 0 Å². The molecule has 0 saturated heterocycles. The van der Waals surface area contributed by atoms with Crippen LogP contribution in [-0.2, 0) is 0 Å². The van der Waals surface area contributed by atoms with Crippen LogP contribution in [0.2, 0.25) is 0 Å². The van der Waals surface area contributed by atoms with Crippen LogP contribution < -0.4 is 0 Å². The highest BCUT2D eigenvalue weighted by Gasteiger charge is 2.51. The molecule has 0 fully saturated rings. The van der Waals surface area contributed by atoms with Crippen molar-refractivity contribution in [3.8, 4) is 11.1 Å². The van der Waals surface area contributed by atoms with E-state index in [0.717, 1.165) is 16.7 Å². The van der Waals surface area contributed by atoms with Crippen molar-refractivity contribution in [3.05, 3.63) is 78.4 Å². The Balaban J connectivity index is 1.92. The van der Waals surface area contributed by atoms with Crippen molar-refractivity contribution >= 4 is 21.5 Å². The average Bonchev–Trinajstić information content (AvgIpc) is 2.55. The fourth-order valence-corrected chi connectivity index (χ4v) is 3.01. The van der Waals surface area contributed by atoms with E-state index in [-0.39, 0.29) is 6.42 Å². The van der Waals surface area contributed by atoms with E-state index in [1.807, 2.05) is 54.6 Å². The fourth-order valence-electron chi connectivity index (χ4n) is 2.57. The van der Waals surface area contributed by atoms with E-state index >= 15 is 0 Å². The Bertz CT molecular complexity index is 742. The van der Waals surface area contributed by atoms with Crippen LogP contribution in [0.25, 0.3) is 16.7 Å². The molecule has 0 radical (unpaired) electrons. The van der Waals surface area contributed by atoms with Gasteiger partial charge in [-0.25, -0.2) is 0 Å². The Kier molecular flexibility index (Phi) is 4.19. The molecule has 0 amide bonds. The third-order valence-electron chi connectivity index (χ3n) is 3.89.